The van der Waals surface area contributed by atoms with Crippen LogP contribution in [0.15, 0.2) is 0 Å². The summed E-state index contributed by atoms with van der Waals surface area (Å²) in [6.45, 7) is 10.7. The first kappa shape index (κ1) is 14.4. The largest absolute Gasteiger partial charge is 0.381 e. The number of alkyl halides is 1. The molecule has 14 heavy (non-hydrogen) atoms. The minimum atomic E-state index is 0.658. The average Bonchev–Trinajstić information content (AvgIpc) is 2.01. The third-order valence-electron chi connectivity index (χ3n) is 1.98. The molecule has 0 saturated heterocycles. The molecule has 0 amide bonds. The maximum Gasteiger partial charge on any atom is 0.0488 e. The standard InChI is InChI=1S/C12H25BrO/c1-10(2)8-12(13)6-5-7-14-9-11(3)4/h10-12H,5-9H2,1-4H3. The fourth-order valence-electron chi connectivity index (χ4n) is 1.36. The molecule has 1 atom stereocenters. The van der Waals surface area contributed by atoms with Crippen molar-refractivity contribution in [3.8, 4) is 0 Å². The molecular formula is C12H25BrO. The number of hydrogen-bond acceptors (Lipinski definition) is 1. The van der Waals surface area contributed by atoms with Gasteiger partial charge in [0.1, 0.15) is 0 Å². The Hall–Kier alpha value is 0.440. The SMILES string of the molecule is CC(C)COCCCC(Br)CC(C)C. The Balaban J connectivity index is 3.19. The highest BCUT2D eigenvalue weighted by atomic mass is 79.9. The molecule has 1 unspecified atom stereocenters. The molecule has 0 heterocycles. The molecule has 0 radical (unpaired) electrons. The van der Waals surface area contributed by atoms with Crippen molar-refractivity contribution in [3.05, 3.63) is 0 Å². The van der Waals surface area contributed by atoms with Crippen molar-refractivity contribution in [3.63, 3.8) is 0 Å². The van der Waals surface area contributed by atoms with Crippen molar-refractivity contribution in [1.82, 2.24) is 0 Å². The summed E-state index contributed by atoms with van der Waals surface area (Å²) in [5.41, 5.74) is 0. The van der Waals surface area contributed by atoms with E-state index in [1.807, 2.05) is 0 Å². The van der Waals surface area contributed by atoms with Crippen molar-refractivity contribution in [1.29, 1.82) is 0 Å². The monoisotopic (exact) mass is 264 g/mol. The molecule has 0 rings (SSSR count). The maximum absolute atomic E-state index is 5.53. The minimum Gasteiger partial charge on any atom is -0.381 e. The van der Waals surface area contributed by atoms with E-state index < -0.39 is 0 Å². The van der Waals surface area contributed by atoms with Crippen LogP contribution in [0.25, 0.3) is 0 Å². The normalized spacial score (nSPS) is 13.9. The third kappa shape index (κ3) is 10.5. The van der Waals surface area contributed by atoms with E-state index in [4.69, 9.17) is 4.74 Å². The summed E-state index contributed by atoms with van der Waals surface area (Å²) in [5, 5.41) is 0. The summed E-state index contributed by atoms with van der Waals surface area (Å²) in [5.74, 6) is 1.45. The van der Waals surface area contributed by atoms with Gasteiger partial charge < -0.3 is 4.74 Å². The van der Waals surface area contributed by atoms with Gasteiger partial charge in [-0.1, -0.05) is 43.6 Å². The Bertz CT molecular complexity index is 123. The van der Waals surface area contributed by atoms with Crippen LogP contribution in [0.5, 0.6) is 0 Å². The molecule has 0 aliphatic rings. The van der Waals surface area contributed by atoms with Gasteiger partial charge in [0.15, 0.2) is 0 Å². The van der Waals surface area contributed by atoms with Gasteiger partial charge in [0.2, 0.25) is 0 Å². The third-order valence-corrected chi connectivity index (χ3v) is 2.82. The van der Waals surface area contributed by atoms with E-state index in [0.29, 0.717) is 10.7 Å². The van der Waals surface area contributed by atoms with Gasteiger partial charge in [-0.3, -0.25) is 0 Å². The van der Waals surface area contributed by atoms with Gasteiger partial charge in [0, 0.05) is 18.0 Å². The number of rotatable bonds is 8. The second-order valence-electron chi connectivity index (χ2n) is 4.84. The molecule has 0 saturated carbocycles. The molecule has 0 spiro atoms. The zero-order valence-electron chi connectivity index (χ0n) is 10.1. The molecule has 0 aromatic rings. The van der Waals surface area contributed by atoms with Crippen LogP contribution in [0.1, 0.15) is 47.0 Å². The van der Waals surface area contributed by atoms with Crippen molar-refractivity contribution >= 4 is 15.9 Å². The van der Waals surface area contributed by atoms with Gasteiger partial charge in [0.05, 0.1) is 0 Å². The Kier molecular flexibility index (Phi) is 9.00. The minimum absolute atomic E-state index is 0.658. The lowest BCUT2D eigenvalue weighted by Gasteiger charge is -2.12. The van der Waals surface area contributed by atoms with Gasteiger partial charge in [-0.15, -0.1) is 0 Å². The molecule has 1 nitrogen and oxygen atoms in total. The molecule has 0 aromatic carbocycles. The summed E-state index contributed by atoms with van der Waals surface area (Å²) in [6, 6.07) is 0. The van der Waals surface area contributed by atoms with E-state index in [2.05, 4.69) is 43.6 Å². The second-order valence-corrected chi connectivity index (χ2v) is 6.13. The lowest BCUT2D eigenvalue weighted by Crippen LogP contribution is -2.07. The summed E-state index contributed by atoms with van der Waals surface area (Å²) < 4.78 is 5.53. The zero-order valence-corrected chi connectivity index (χ0v) is 11.6. The van der Waals surface area contributed by atoms with E-state index in [1.54, 1.807) is 0 Å². The Morgan fingerprint density at radius 1 is 1.07 bits per heavy atom. The van der Waals surface area contributed by atoms with Crippen LogP contribution in [0, 0.1) is 11.8 Å². The van der Waals surface area contributed by atoms with Crippen LogP contribution >= 0.6 is 15.9 Å². The van der Waals surface area contributed by atoms with Crippen molar-refractivity contribution in [2.45, 2.75) is 51.8 Å². The van der Waals surface area contributed by atoms with Crippen molar-refractivity contribution < 1.29 is 4.74 Å². The number of hydrogen-bond donors (Lipinski definition) is 0. The van der Waals surface area contributed by atoms with Crippen LogP contribution in [0.2, 0.25) is 0 Å². The molecule has 0 N–H and O–H groups in total. The van der Waals surface area contributed by atoms with Crippen LogP contribution in [-0.4, -0.2) is 18.0 Å². The zero-order chi connectivity index (χ0) is 11.0. The fourth-order valence-corrected chi connectivity index (χ4v) is 2.43. The summed E-state index contributed by atoms with van der Waals surface area (Å²) in [6.07, 6.45) is 3.68. The summed E-state index contributed by atoms with van der Waals surface area (Å²) >= 11 is 3.70. The number of ether oxygens (including phenoxy) is 1. The van der Waals surface area contributed by atoms with Crippen LogP contribution in [0.3, 0.4) is 0 Å². The van der Waals surface area contributed by atoms with Crippen LogP contribution in [-0.2, 0) is 4.74 Å². The second kappa shape index (κ2) is 8.72. The van der Waals surface area contributed by atoms with Gasteiger partial charge in [-0.25, -0.2) is 0 Å². The Morgan fingerprint density at radius 2 is 1.71 bits per heavy atom. The quantitative estimate of drug-likeness (QED) is 0.471. The lowest BCUT2D eigenvalue weighted by molar-refractivity contribution is 0.106. The molecule has 0 aromatic heterocycles. The first-order chi connectivity index (χ1) is 6.52. The summed E-state index contributed by atoms with van der Waals surface area (Å²) in [7, 11) is 0. The maximum atomic E-state index is 5.53. The van der Waals surface area contributed by atoms with E-state index in [0.717, 1.165) is 19.1 Å². The number of halogens is 1. The highest BCUT2D eigenvalue weighted by molar-refractivity contribution is 9.09. The Morgan fingerprint density at radius 3 is 2.21 bits per heavy atom. The van der Waals surface area contributed by atoms with E-state index in [-0.39, 0.29) is 0 Å². The van der Waals surface area contributed by atoms with Crippen molar-refractivity contribution in [2.75, 3.05) is 13.2 Å². The lowest BCUT2D eigenvalue weighted by atomic mass is 10.1. The first-order valence-corrected chi connectivity index (χ1v) is 6.65. The summed E-state index contributed by atoms with van der Waals surface area (Å²) in [4.78, 5) is 0.671. The highest BCUT2D eigenvalue weighted by Crippen LogP contribution is 2.17. The van der Waals surface area contributed by atoms with Gasteiger partial charge in [0.25, 0.3) is 0 Å². The fraction of sp³-hybridized carbons (Fsp3) is 1.00. The van der Waals surface area contributed by atoms with E-state index in [9.17, 15) is 0 Å². The average molecular weight is 265 g/mol. The predicted molar refractivity (Wildman–Crippen MR) is 67.1 cm³/mol. The molecule has 2 heteroatoms. The van der Waals surface area contributed by atoms with E-state index >= 15 is 0 Å². The smallest absolute Gasteiger partial charge is 0.0488 e. The van der Waals surface area contributed by atoms with Crippen LogP contribution < -0.4 is 0 Å². The predicted octanol–water partition coefficient (Wildman–Crippen LogP) is 4.25. The first-order valence-electron chi connectivity index (χ1n) is 5.74. The molecule has 0 aliphatic carbocycles. The molecular weight excluding hydrogens is 240 g/mol. The van der Waals surface area contributed by atoms with Crippen LogP contribution in [0.4, 0.5) is 0 Å². The highest BCUT2D eigenvalue weighted by Gasteiger charge is 2.06. The molecule has 0 aliphatic heterocycles. The van der Waals surface area contributed by atoms with Crippen molar-refractivity contribution in [2.24, 2.45) is 11.8 Å². The Labute approximate surface area is 97.7 Å². The molecule has 0 fully saturated rings. The topological polar surface area (TPSA) is 9.23 Å². The van der Waals surface area contributed by atoms with E-state index in [1.165, 1.54) is 19.3 Å². The van der Waals surface area contributed by atoms with Gasteiger partial charge in [-0.2, -0.15) is 0 Å². The molecule has 0 bridgehead atoms. The molecule has 86 valence electrons. The van der Waals surface area contributed by atoms with Gasteiger partial charge in [-0.05, 0) is 31.1 Å². The van der Waals surface area contributed by atoms with Gasteiger partial charge >= 0.3 is 0 Å².